The third-order valence-corrected chi connectivity index (χ3v) is 6.00. The van der Waals surface area contributed by atoms with Crippen LogP contribution in [0.4, 0.5) is 0 Å². The third-order valence-electron chi connectivity index (χ3n) is 5.14. The second-order valence-corrected chi connectivity index (χ2v) is 8.38. The van der Waals surface area contributed by atoms with Crippen LogP contribution in [0, 0.1) is 11.3 Å². The van der Waals surface area contributed by atoms with Crippen molar-refractivity contribution in [3.63, 3.8) is 0 Å². The largest absolute Gasteiger partial charge is 0.335 e. The Morgan fingerprint density at radius 1 is 1.45 bits per heavy atom. The summed E-state index contributed by atoms with van der Waals surface area (Å²) < 4.78 is 0. The van der Waals surface area contributed by atoms with E-state index < -0.39 is 0 Å². The van der Waals surface area contributed by atoms with Crippen LogP contribution in [0.5, 0.6) is 0 Å². The predicted octanol–water partition coefficient (Wildman–Crippen LogP) is 3.14. The van der Waals surface area contributed by atoms with Gasteiger partial charge in [-0.25, -0.2) is 0 Å². The zero-order valence-corrected chi connectivity index (χ0v) is 14.3. The highest BCUT2D eigenvalue weighted by Crippen LogP contribution is 2.48. The molecule has 1 aromatic heterocycles. The number of aromatic nitrogens is 1. The van der Waals surface area contributed by atoms with Crippen molar-refractivity contribution in [1.82, 2.24) is 9.88 Å². The molecule has 1 aromatic rings. The summed E-state index contributed by atoms with van der Waals surface area (Å²) in [5.74, 6) is 1.40. The topological polar surface area (TPSA) is 53.2 Å². The minimum absolute atomic E-state index is 0.0951. The van der Waals surface area contributed by atoms with Gasteiger partial charge in [-0.1, -0.05) is 27.2 Å². The molecule has 1 aliphatic heterocycles. The van der Waals surface area contributed by atoms with Gasteiger partial charge in [-0.15, -0.1) is 11.8 Å². The first-order valence-electron chi connectivity index (χ1n) is 8.10. The summed E-state index contributed by atoms with van der Waals surface area (Å²) in [6.07, 6.45) is 5.15. The molecule has 0 radical (unpaired) electrons. The van der Waals surface area contributed by atoms with Crippen LogP contribution in [-0.2, 0) is 0 Å². The van der Waals surface area contributed by atoms with Crippen molar-refractivity contribution < 1.29 is 4.79 Å². The van der Waals surface area contributed by atoms with E-state index in [9.17, 15) is 9.59 Å². The molecule has 0 aromatic carbocycles. The predicted molar refractivity (Wildman–Crippen MR) is 89.4 cm³/mol. The Bertz CT molecular complexity index is 638. The van der Waals surface area contributed by atoms with Gasteiger partial charge in [0.05, 0.1) is 0 Å². The molecule has 3 rings (SSSR count). The number of hydrogen-bond donors (Lipinski definition) is 1. The van der Waals surface area contributed by atoms with Gasteiger partial charge in [0.2, 0.25) is 0 Å². The molecular weight excluding hydrogens is 296 g/mol. The maximum atomic E-state index is 13.0. The number of amides is 1. The van der Waals surface area contributed by atoms with Crippen molar-refractivity contribution in [1.29, 1.82) is 0 Å². The first-order valence-corrected chi connectivity index (χ1v) is 9.09. The number of carbonyl (C=O) groups excluding carboxylic acids is 1. The number of fused-ring (bicyclic) bond motifs is 1. The van der Waals surface area contributed by atoms with Crippen LogP contribution in [0.15, 0.2) is 22.0 Å². The number of likely N-dealkylation sites (tertiary alicyclic amines) is 1. The van der Waals surface area contributed by atoms with Crippen molar-refractivity contribution >= 4 is 17.7 Å². The fraction of sp³-hybridized carbons (Fsp3) is 0.647. The third kappa shape index (κ3) is 2.60. The van der Waals surface area contributed by atoms with E-state index in [1.54, 1.807) is 24.0 Å². The lowest BCUT2D eigenvalue weighted by Gasteiger charge is -2.24. The zero-order valence-electron chi connectivity index (χ0n) is 13.5. The van der Waals surface area contributed by atoms with Crippen LogP contribution in [0.1, 0.15) is 50.4 Å². The molecule has 0 spiro atoms. The normalized spacial score (nSPS) is 26.2. The highest BCUT2D eigenvalue weighted by atomic mass is 32.2. The number of H-pyrrole nitrogens is 1. The molecule has 22 heavy (non-hydrogen) atoms. The number of pyridine rings is 1. The molecule has 1 saturated carbocycles. The lowest BCUT2D eigenvalue weighted by Crippen LogP contribution is -2.38. The van der Waals surface area contributed by atoms with Crippen molar-refractivity contribution in [2.75, 3.05) is 12.3 Å². The zero-order chi connectivity index (χ0) is 15.9. The van der Waals surface area contributed by atoms with Gasteiger partial charge in [-0.05, 0) is 36.0 Å². The number of nitrogens with zero attached hydrogens (tertiary/aromatic N) is 1. The van der Waals surface area contributed by atoms with Gasteiger partial charge < -0.3 is 9.88 Å². The average Bonchev–Trinajstić information content (AvgIpc) is 3.04. The Hall–Kier alpha value is -1.23. The monoisotopic (exact) mass is 320 g/mol. The molecule has 2 aliphatic rings. The Balaban J connectivity index is 1.91. The minimum atomic E-state index is -0.273. The van der Waals surface area contributed by atoms with Crippen molar-refractivity contribution in [3.05, 3.63) is 28.2 Å². The second-order valence-electron chi connectivity index (χ2n) is 7.04. The van der Waals surface area contributed by atoms with Crippen molar-refractivity contribution in [2.24, 2.45) is 11.3 Å². The fourth-order valence-corrected chi connectivity index (χ4v) is 4.83. The quantitative estimate of drug-likeness (QED) is 0.871. The van der Waals surface area contributed by atoms with Gasteiger partial charge in [0.15, 0.2) is 0 Å². The molecule has 2 fully saturated rings. The average molecular weight is 320 g/mol. The molecule has 1 aliphatic carbocycles. The molecule has 2 heterocycles. The Morgan fingerprint density at radius 3 is 2.95 bits per heavy atom. The van der Waals surface area contributed by atoms with Crippen LogP contribution < -0.4 is 5.56 Å². The van der Waals surface area contributed by atoms with Crippen LogP contribution in [0.3, 0.4) is 0 Å². The lowest BCUT2D eigenvalue weighted by molar-refractivity contribution is 0.0720. The molecule has 4 nitrogen and oxygen atoms in total. The summed E-state index contributed by atoms with van der Waals surface area (Å²) in [5.41, 5.74) is 0.172. The molecular formula is C17H24N2O2S. The van der Waals surface area contributed by atoms with Gasteiger partial charge >= 0.3 is 0 Å². The number of carbonyl (C=O) groups is 1. The Labute approximate surface area is 135 Å². The van der Waals surface area contributed by atoms with E-state index in [1.165, 1.54) is 12.8 Å². The van der Waals surface area contributed by atoms with Crippen LogP contribution in [0.25, 0.3) is 0 Å². The van der Waals surface area contributed by atoms with Crippen LogP contribution in [0.2, 0.25) is 0 Å². The van der Waals surface area contributed by atoms with Gasteiger partial charge in [0.1, 0.15) is 5.56 Å². The number of aromatic amines is 1. The number of hydrogen-bond acceptors (Lipinski definition) is 3. The molecule has 0 unspecified atom stereocenters. The summed E-state index contributed by atoms with van der Waals surface area (Å²) in [6.45, 7) is 7.31. The van der Waals surface area contributed by atoms with E-state index in [2.05, 4.69) is 25.8 Å². The molecule has 5 heteroatoms. The highest BCUT2D eigenvalue weighted by molar-refractivity contribution is 7.99. The Morgan fingerprint density at radius 2 is 2.23 bits per heavy atom. The van der Waals surface area contributed by atoms with E-state index >= 15 is 0 Å². The standard InChI is InChI=1S/C17H24N2O2S/c1-4-22-11-8-12(15(20)18-9-11)16(21)19-10-17(2,3)13-6-5-7-14(13)19/h8-9,13-14H,4-7,10H2,1-3H3,(H,18,20)/t13-,14+/m1/s1. The van der Waals surface area contributed by atoms with Crippen LogP contribution in [-0.4, -0.2) is 34.1 Å². The van der Waals surface area contributed by atoms with Gasteiger partial charge in [0, 0.05) is 23.7 Å². The maximum absolute atomic E-state index is 13.0. The molecule has 1 amide bonds. The van der Waals surface area contributed by atoms with E-state index in [4.69, 9.17) is 0 Å². The van der Waals surface area contributed by atoms with Gasteiger partial charge in [-0.3, -0.25) is 9.59 Å². The summed E-state index contributed by atoms with van der Waals surface area (Å²) in [5, 5.41) is 0. The fourth-order valence-electron chi connectivity index (χ4n) is 4.15. The highest BCUT2D eigenvalue weighted by Gasteiger charge is 2.50. The summed E-state index contributed by atoms with van der Waals surface area (Å²) in [4.78, 5) is 30.7. The smallest absolute Gasteiger partial charge is 0.260 e. The Kier molecular flexibility index (Phi) is 4.10. The molecule has 2 atom stereocenters. The minimum Gasteiger partial charge on any atom is -0.335 e. The van der Waals surface area contributed by atoms with E-state index in [0.717, 1.165) is 23.6 Å². The van der Waals surface area contributed by atoms with E-state index in [1.807, 2.05) is 4.90 Å². The number of nitrogens with one attached hydrogen (secondary N) is 1. The molecule has 120 valence electrons. The van der Waals surface area contributed by atoms with Gasteiger partial charge in [0.25, 0.3) is 11.5 Å². The van der Waals surface area contributed by atoms with Crippen LogP contribution >= 0.6 is 11.8 Å². The van der Waals surface area contributed by atoms with Gasteiger partial charge in [-0.2, -0.15) is 0 Å². The molecule has 1 saturated heterocycles. The maximum Gasteiger partial charge on any atom is 0.260 e. The summed E-state index contributed by atoms with van der Waals surface area (Å²) >= 11 is 1.64. The molecule has 1 N–H and O–H groups in total. The summed E-state index contributed by atoms with van der Waals surface area (Å²) in [7, 11) is 0. The lowest BCUT2D eigenvalue weighted by atomic mass is 9.80. The summed E-state index contributed by atoms with van der Waals surface area (Å²) in [6, 6.07) is 2.06. The van der Waals surface area contributed by atoms with E-state index in [0.29, 0.717) is 17.5 Å². The first kappa shape index (κ1) is 15.7. The number of rotatable bonds is 3. The van der Waals surface area contributed by atoms with Crippen molar-refractivity contribution in [2.45, 2.75) is 51.0 Å². The van der Waals surface area contributed by atoms with Crippen molar-refractivity contribution in [3.8, 4) is 0 Å². The second kappa shape index (κ2) is 5.76. The first-order chi connectivity index (χ1) is 10.4. The number of thioether (sulfide) groups is 1. The SMILES string of the molecule is CCSc1c[nH]c(=O)c(C(=O)N2CC(C)(C)[C@@H]3CCC[C@@H]32)c1. The van der Waals surface area contributed by atoms with E-state index in [-0.39, 0.29) is 16.9 Å². The molecule has 0 bridgehead atoms.